The van der Waals surface area contributed by atoms with Gasteiger partial charge in [0, 0.05) is 5.57 Å². The van der Waals surface area contributed by atoms with E-state index in [0.29, 0.717) is 33.8 Å². The van der Waals surface area contributed by atoms with Crippen molar-refractivity contribution >= 4 is 17.3 Å². The third-order valence-electron chi connectivity index (χ3n) is 8.57. The SMILES string of the molecule is [C-]#[N+]c1c(Oc2ccccc2)[nH]c(/C(Oc2c(C(C)C)cc(C#N)cc2C(C)C)=C2\N=C(Oc3ccccc3)C(C(F)(F)F)=C2C(C)C)c1C(C)C. The zero-order valence-electron chi connectivity index (χ0n) is 30.4. The summed E-state index contributed by atoms with van der Waals surface area (Å²) in [5, 5.41) is 9.91. The Bertz CT molecular complexity index is 2100. The van der Waals surface area contributed by atoms with Gasteiger partial charge in [-0.15, -0.1) is 0 Å². The van der Waals surface area contributed by atoms with E-state index in [1.54, 1.807) is 80.6 Å². The van der Waals surface area contributed by atoms with Gasteiger partial charge >= 0.3 is 6.18 Å². The zero-order valence-corrected chi connectivity index (χ0v) is 30.4. The summed E-state index contributed by atoms with van der Waals surface area (Å²) in [6.45, 7) is 23.1. The smallest absolute Gasteiger partial charge is 0.421 e. The van der Waals surface area contributed by atoms with E-state index in [1.165, 1.54) is 0 Å². The fraction of sp³-hybridized carbons (Fsp3) is 0.310. The van der Waals surface area contributed by atoms with Crippen LogP contribution < -0.4 is 14.2 Å². The summed E-state index contributed by atoms with van der Waals surface area (Å²) in [5.74, 6) is -0.757. The van der Waals surface area contributed by atoms with E-state index in [2.05, 4.69) is 20.9 Å². The standard InChI is InChI=1S/C42H41F3N4O3/c1-23(2)30-20-27(22-46)21-31(24(3)4)38(30)52-39(36-33(26(7)8)37(47-9)41(49-36)51-29-18-14-11-15-19-29)35-32(25(5)6)34(42(43,44)45)40(48-35)50-28-16-12-10-13-17-28/h10-21,23-26,49H,1-8H3/b39-35+. The van der Waals surface area contributed by atoms with Gasteiger partial charge in [-0.3, -0.25) is 0 Å². The van der Waals surface area contributed by atoms with Crippen LogP contribution in [0.3, 0.4) is 0 Å². The van der Waals surface area contributed by atoms with Crippen molar-refractivity contribution in [2.45, 2.75) is 79.3 Å². The molecule has 0 saturated heterocycles. The highest BCUT2D eigenvalue weighted by Gasteiger charge is 2.47. The molecule has 0 fully saturated rings. The molecule has 0 aliphatic carbocycles. The number of H-pyrrole nitrogens is 1. The molecule has 1 aliphatic heterocycles. The molecule has 3 aromatic carbocycles. The summed E-state index contributed by atoms with van der Waals surface area (Å²) in [5.41, 5.74) is 1.49. The van der Waals surface area contributed by atoms with Crippen LogP contribution >= 0.6 is 0 Å². The first-order chi connectivity index (χ1) is 24.7. The Kier molecular flexibility index (Phi) is 11.0. The number of nitrogens with zero attached hydrogens (tertiary/aromatic N) is 3. The quantitative estimate of drug-likeness (QED) is 0.131. The number of alkyl halides is 3. The number of allylic oxidation sites excluding steroid dienone is 1. The van der Waals surface area contributed by atoms with E-state index in [1.807, 2.05) is 47.6 Å². The van der Waals surface area contributed by atoms with Crippen molar-refractivity contribution in [3.8, 4) is 29.2 Å². The molecule has 0 radical (unpaired) electrons. The fourth-order valence-electron chi connectivity index (χ4n) is 6.18. The van der Waals surface area contributed by atoms with Gasteiger partial charge in [-0.1, -0.05) is 91.8 Å². The van der Waals surface area contributed by atoms with Crippen molar-refractivity contribution in [3.63, 3.8) is 0 Å². The summed E-state index contributed by atoms with van der Waals surface area (Å²) in [4.78, 5) is 11.7. The molecule has 1 aliphatic rings. The molecule has 1 N–H and O–H groups in total. The first-order valence-corrected chi connectivity index (χ1v) is 17.2. The van der Waals surface area contributed by atoms with E-state index >= 15 is 13.2 Å². The average molecular weight is 707 g/mol. The molecule has 10 heteroatoms. The van der Waals surface area contributed by atoms with Crippen LogP contribution in [0.25, 0.3) is 10.6 Å². The Hall–Kier alpha value is -5.74. The molecule has 0 atom stereocenters. The number of para-hydroxylation sites is 2. The highest BCUT2D eigenvalue weighted by Crippen LogP contribution is 2.49. The fourth-order valence-corrected chi connectivity index (χ4v) is 6.18. The molecule has 0 saturated carbocycles. The van der Waals surface area contributed by atoms with Crippen molar-refractivity contribution in [1.29, 1.82) is 5.26 Å². The predicted octanol–water partition coefficient (Wildman–Crippen LogP) is 12.4. The Morgan fingerprint density at radius 2 is 1.35 bits per heavy atom. The Morgan fingerprint density at radius 3 is 1.79 bits per heavy atom. The number of aromatic nitrogens is 1. The first-order valence-electron chi connectivity index (χ1n) is 17.2. The molecule has 0 bridgehead atoms. The molecule has 4 aromatic rings. The van der Waals surface area contributed by atoms with E-state index in [9.17, 15) is 5.26 Å². The van der Waals surface area contributed by atoms with Crippen LogP contribution in [0.5, 0.6) is 23.1 Å². The van der Waals surface area contributed by atoms with E-state index in [0.717, 1.165) is 0 Å². The maximum atomic E-state index is 15.2. The molecule has 2 heterocycles. The summed E-state index contributed by atoms with van der Waals surface area (Å²) >= 11 is 0. The summed E-state index contributed by atoms with van der Waals surface area (Å²) in [7, 11) is 0. The van der Waals surface area contributed by atoms with Crippen molar-refractivity contribution in [3.05, 3.63) is 129 Å². The molecule has 1 aromatic heterocycles. The highest BCUT2D eigenvalue weighted by molar-refractivity contribution is 6.03. The second kappa shape index (κ2) is 15.2. The second-order valence-corrected chi connectivity index (χ2v) is 13.7. The number of rotatable bonds is 10. The lowest BCUT2D eigenvalue weighted by Crippen LogP contribution is -2.24. The zero-order chi connectivity index (χ0) is 37.9. The van der Waals surface area contributed by atoms with Gasteiger partial charge < -0.3 is 19.2 Å². The number of aromatic amines is 1. The van der Waals surface area contributed by atoms with Gasteiger partial charge in [0.15, 0.2) is 5.76 Å². The minimum atomic E-state index is -4.85. The van der Waals surface area contributed by atoms with E-state index < -0.39 is 23.6 Å². The van der Waals surface area contributed by atoms with E-state index in [-0.39, 0.29) is 57.8 Å². The van der Waals surface area contributed by atoms with Crippen LogP contribution in [0.1, 0.15) is 101 Å². The van der Waals surface area contributed by atoms with Crippen molar-refractivity contribution in [2.75, 3.05) is 0 Å². The van der Waals surface area contributed by atoms with Crippen LogP contribution in [0.4, 0.5) is 18.9 Å². The van der Waals surface area contributed by atoms with Gasteiger partial charge in [0.1, 0.15) is 28.5 Å². The maximum absolute atomic E-state index is 15.2. The van der Waals surface area contributed by atoms with Gasteiger partial charge in [-0.05, 0) is 76.8 Å². The molecule has 5 rings (SSSR count). The molecule has 52 heavy (non-hydrogen) atoms. The third-order valence-corrected chi connectivity index (χ3v) is 8.57. The minimum absolute atomic E-state index is 0.0258. The number of aliphatic imine (C=N–C) groups is 1. The summed E-state index contributed by atoms with van der Waals surface area (Å²) in [6.07, 6.45) is -4.85. The minimum Gasteiger partial charge on any atom is -0.452 e. The van der Waals surface area contributed by atoms with E-state index in [4.69, 9.17) is 20.8 Å². The summed E-state index contributed by atoms with van der Waals surface area (Å²) in [6, 6.07) is 22.8. The first kappa shape index (κ1) is 37.5. The number of nitrogens with one attached hydrogen (secondary N) is 1. The van der Waals surface area contributed by atoms with Gasteiger partial charge in [0.2, 0.25) is 11.8 Å². The monoisotopic (exact) mass is 706 g/mol. The molecule has 0 amide bonds. The number of hydrogen-bond donors (Lipinski definition) is 1. The van der Waals surface area contributed by atoms with Crippen molar-refractivity contribution in [2.24, 2.45) is 10.9 Å². The highest BCUT2D eigenvalue weighted by atomic mass is 19.4. The topological polar surface area (TPSA) is 84.0 Å². The Morgan fingerprint density at radius 1 is 0.808 bits per heavy atom. The molecule has 7 nitrogen and oxygen atoms in total. The number of benzene rings is 3. The number of nitriles is 1. The lowest BCUT2D eigenvalue weighted by molar-refractivity contribution is -0.0878. The van der Waals surface area contributed by atoms with Crippen molar-refractivity contribution in [1.82, 2.24) is 4.98 Å². The van der Waals surface area contributed by atoms with Gasteiger partial charge in [-0.25, -0.2) is 9.84 Å². The van der Waals surface area contributed by atoms with Crippen molar-refractivity contribution < 1.29 is 27.4 Å². The van der Waals surface area contributed by atoms with Gasteiger partial charge in [0.05, 0.1) is 23.9 Å². The number of hydrogen-bond acceptors (Lipinski definition) is 5. The molecule has 0 spiro atoms. The summed E-state index contributed by atoms with van der Waals surface area (Å²) < 4.78 is 64.7. The van der Waals surface area contributed by atoms with Gasteiger partial charge in [-0.2, -0.15) is 18.4 Å². The largest absolute Gasteiger partial charge is 0.452 e. The van der Waals surface area contributed by atoms with Crippen LogP contribution in [0, 0.1) is 23.8 Å². The van der Waals surface area contributed by atoms with Gasteiger partial charge in [0.25, 0.3) is 5.69 Å². The van der Waals surface area contributed by atoms with Crippen LogP contribution in [0.2, 0.25) is 0 Å². The Balaban J connectivity index is 1.93. The lowest BCUT2D eigenvalue weighted by atomic mass is 9.91. The predicted molar refractivity (Wildman–Crippen MR) is 197 cm³/mol. The number of halogens is 3. The van der Waals surface area contributed by atoms with Crippen LogP contribution in [-0.4, -0.2) is 17.1 Å². The lowest BCUT2D eigenvalue weighted by Gasteiger charge is -2.24. The average Bonchev–Trinajstić information content (AvgIpc) is 3.66. The maximum Gasteiger partial charge on any atom is 0.421 e. The van der Waals surface area contributed by atoms with Crippen LogP contribution in [-0.2, 0) is 0 Å². The normalized spacial score (nSPS) is 14.2. The second-order valence-electron chi connectivity index (χ2n) is 13.7. The molecular formula is C42H41F3N4O3. The number of ether oxygens (including phenoxy) is 3. The third kappa shape index (κ3) is 7.62. The van der Waals surface area contributed by atoms with Crippen LogP contribution in [0.15, 0.2) is 94.6 Å². The molecule has 0 unspecified atom stereocenters. The molecular weight excluding hydrogens is 665 g/mol. The Labute approximate surface area is 302 Å². The molecule has 268 valence electrons.